The van der Waals surface area contributed by atoms with Crippen LogP contribution < -0.4 is 15.4 Å². The first-order valence-corrected chi connectivity index (χ1v) is 9.70. The third-order valence-electron chi connectivity index (χ3n) is 4.12. The first-order chi connectivity index (χ1) is 14.3. The molecule has 0 aliphatic heterocycles. The number of benzene rings is 1. The molecule has 0 bridgehead atoms. The Labute approximate surface area is 174 Å². The highest BCUT2D eigenvalue weighted by atomic mass is 32.1. The Morgan fingerprint density at radius 1 is 1.27 bits per heavy atom. The zero-order valence-corrected chi connectivity index (χ0v) is 17.0. The van der Waals surface area contributed by atoms with Crippen LogP contribution in [-0.4, -0.2) is 42.5 Å². The summed E-state index contributed by atoms with van der Waals surface area (Å²) in [6, 6.07) is 5.46. The van der Waals surface area contributed by atoms with E-state index in [1.165, 1.54) is 35.9 Å². The molecule has 0 saturated carbocycles. The Morgan fingerprint density at radius 2 is 2.07 bits per heavy atom. The molecule has 0 spiro atoms. The Morgan fingerprint density at radius 3 is 2.80 bits per heavy atom. The van der Waals surface area contributed by atoms with E-state index in [1.54, 1.807) is 20.1 Å². The van der Waals surface area contributed by atoms with E-state index in [2.05, 4.69) is 25.3 Å². The van der Waals surface area contributed by atoms with Gasteiger partial charge in [-0.25, -0.2) is 9.97 Å². The summed E-state index contributed by atoms with van der Waals surface area (Å²) in [7, 11) is 1.60. The molecule has 0 radical (unpaired) electrons. The van der Waals surface area contributed by atoms with E-state index in [4.69, 9.17) is 4.74 Å². The van der Waals surface area contributed by atoms with Crippen molar-refractivity contribution < 1.29 is 27.4 Å². The third-order valence-corrected chi connectivity index (χ3v) is 5.32. The van der Waals surface area contributed by atoms with Gasteiger partial charge in [-0.1, -0.05) is 12.1 Å². The minimum absolute atomic E-state index is 0.0478. The SMILES string of the molecule is COCCNc1ncnc2sc(C(=O)NCc3cccc(OC(F)(F)F)c3)c(C)c12. The number of ether oxygens (including phenoxy) is 2. The number of methoxy groups -OCH3 is 1. The van der Waals surface area contributed by atoms with Gasteiger partial charge >= 0.3 is 6.36 Å². The van der Waals surface area contributed by atoms with Crippen molar-refractivity contribution in [3.05, 3.63) is 46.6 Å². The molecule has 3 aromatic rings. The Balaban J connectivity index is 1.74. The summed E-state index contributed by atoms with van der Waals surface area (Å²) < 4.78 is 46.0. The lowest BCUT2D eigenvalue weighted by atomic mass is 10.2. The maximum absolute atomic E-state index is 12.7. The van der Waals surface area contributed by atoms with E-state index in [0.717, 1.165) is 10.9 Å². The molecule has 11 heteroatoms. The Kier molecular flexibility index (Phi) is 6.73. The predicted octanol–water partition coefficient (Wildman–Crippen LogP) is 3.89. The summed E-state index contributed by atoms with van der Waals surface area (Å²) in [5.74, 6) is -0.0725. The summed E-state index contributed by atoms with van der Waals surface area (Å²) in [6.45, 7) is 2.90. The molecule has 2 aromatic heterocycles. The van der Waals surface area contributed by atoms with Crippen LogP contribution in [0.1, 0.15) is 20.8 Å². The van der Waals surface area contributed by atoms with Crippen molar-refractivity contribution in [3.8, 4) is 5.75 Å². The molecular weight excluding hydrogens is 421 g/mol. The van der Waals surface area contributed by atoms with Gasteiger partial charge in [0, 0.05) is 20.2 Å². The molecule has 1 amide bonds. The predicted molar refractivity (Wildman–Crippen MR) is 107 cm³/mol. The van der Waals surface area contributed by atoms with Gasteiger partial charge in [0.25, 0.3) is 5.91 Å². The number of halogens is 3. The third kappa shape index (κ3) is 5.36. The highest BCUT2D eigenvalue weighted by Gasteiger charge is 2.31. The number of aromatic nitrogens is 2. The van der Waals surface area contributed by atoms with Gasteiger partial charge in [0.2, 0.25) is 0 Å². The van der Waals surface area contributed by atoms with Crippen molar-refractivity contribution in [1.82, 2.24) is 15.3 Å². The maximum Gasteiger partial charge on any atom is 0.573 e. The smallest absolute Gasteiger partial charge is 0.406 e. The first kappa shape index (κ1) is 21.8. The molecule has 0 aliphatic rings. The van der Waals surface area contributed by atoms with Crippen molar-refractivity contribution in [1.29, 1.82) is 0 Å². The number of carbonyl (C=O) groups is 1. The first-order valence-electron chi connectivity index (χ1n) is 8.88. The quantitative estimate of drug-likeness (QED) is 0.517. The van der Waals surface area contributed by atoms with Crippen LogP contribution in [0.25, 0.3) is 10.2 Å². The zero-order chi connectivity index (χ0) is 21.7. The fraction of sp³-hybridized carbons (Fsp3) is 0.316. The van der Waals surface area contributed by atoms with Crippen LogP contribution in [0.2, 0.25) is 0 Å². The number of hydrogen-bond donors (Lipinski definition) is 2. The van der Waals surface area contributed by atoms with Gasteiger partial charge in [0.1, 0.15) is 22.7 Å². The van der Waals surface area contributed by atoms with Crippen LogP contribution in [0.15, 0.2) is 30.6 Å². The van der Waals surface area contributed by atoms with Gasteiger partial charge in [-0.15, -0.1) is 24.5 Å². The number of anilines is 1. The average molecular weight is 440 g/mol. The number of aryl methyl sites for hydroxylation is 1. The maximum atomic E-state index is 12.7. The topological polar surface area (TPSA) is 85.4 Å². The fourth-order valence-electron chi connectivity index (χ4n) is 2.81. The Hall–Kier alpha value is -2.92. The lowest BCUT2D eigenvalue weighted by molar-refractivity contribution is -0.274. The van der Waals surface area contributed by atoms with Crippen LogP contribution in [0.5, 0.6) is 5.75 Å². The monoisotopic (exact) mass is 440 g/mol. The van der Waals surface area contributed by atoms with Crippen molar-refractivity contribution >= 4 is 33.3 Å². The second-order valence-corrected chi connectivity index (χ2v) is 7.26. The molecule has 0 fully saturated rings. The molecule has 2 N–H and O–H groups in total. The van der Waals surface area contributed by atoms with Gasteiger partial charge in [-0.05, 0) is 30.2 Å². The van der Waals surface area contributed by atoms with E-state index in [0.29, 0.717) is 34.2 Å². The van der Waals surface area contributed by atoms with Crippen LogP contribution in [-0.2, 0) is 11.3 Å². The van der Waals surface area contributed by atoms with Gasteiger partial charge in [-0.2, -0.15) is 0 Å². The van der Waals surface area contributed by atoms with E-state index >= 15 is 0 Å². The largest absolute Gasteiger partial charge is 0.573 e. The van der Waals surface area contributed by atoms with E-state index in [9.17, 15) is 18.0 Å². The molecule has 0 saturated heterocycles. The molecule has 160 valence electrons. The second kappa shape index (κ2) is 9.26. The molecule has 7 nitrogen and oxygen atoms in total. The number of carbonyl (C=O) groups excluding carboxylic acids is 1. The highest BCUT2D eigenvalue weighted by Crippen LogP contribution is 2.33. The van der Waals surface area contributed by atoms with Gasteiger partial charge in [0.15, 0.2) is 0 Å². The van der Waals surface area contributed by atoms with Gasteiger partial charge in [-0.3, -0.25) is 4.79 Å². The molecule has 2 heterocycles. The van der Waals surface area contributed by atoms with Crippen molar-refractivity contribution in [3.63, 3.8) is 0 Å². The summed E-state index contributed by atoms with van der Waals surface area (Å²) in [6.07, 6.45) is -3.35. The van der Waals surface area contributed by atoms with Crippen molar-refractivity contribution in [2.75, 3.05) is 25.6 Å². The fourth-order valence-corrected chi connectivity index (χ4v) is 3.87. The molecule has 3 rings (SSSR count). The molecular formula is C19H19F3N4O3S. The summed E-state index contributed by atoms with van der Waals surface area (Å²) in [5.41, 5.74) is 1.20. The number of thiophene rings is 1. The normalized spacial score (nSPS) is 11.5. The number of nitrogens with zero attached hydrogens (tertiary/aromatic N) is 2. The summed E-state index contributed by atoms with van der Waals surface area (Å²) in [5, 5.41) is 6.64. The average Bonchev–Trinajstić information content (AvgIpc) is 3.03. The van der Waals surface area contributed by atoms with E-state index < -0.39 is 6.36 Å². The molecule has 30 heavy (non-hydrogen) atoms. The second-order valence-electron chi connectivity index (χ2n) is 6.26. The summed E-state index contributed by atoms with van der Waals surface area (Å²) in [4.78, 5) is 22.3. The molecule has 0 atom stereocenters. The number of nitrogens with one attached hydrogen (secondary N) is 2. The minimum Gasteiger partial charge on any atom is -0.406 e. The van der Waals surface area contributed by atoms with Crippen LogP contribution >= 0.6 is 11.3 Å². The lowest BCUT2D eigenvalue weighted by Crippen LogP contribution is -2.22. The van der Waals surface area contributed by atoms with Crippen LogP contribution in [0, 0.1) is 6.92 Å². The number of fused-ring (bicyclic) bond motifs is 1. The molecule has 1 aromatic carbocycles. The lowest BCUT2D eigenvalue weighted by Gasteiger charge is -2.10. The number of alkyl halides is 3. The van der Waals surface area contributed by atoms with Crippen LogP contribution in [0.4, 0.5) is 19.0 Å². The van der Waals surface area contributed by atoms with Gasteiger partial charge < -0.3 is 20.1 Å². The number of amides is 1. The van der Waals surface area contributed by atoms with E-state index in [1.807, 2.05) is 0 Å². The van der Waals surface area contributed by atoms with E-state index in [-0.39, 0.29) is 18.2 Å². The standard InChI is InChI=1S/C19H19F3N4O3S/c1-11-14-16(23-6-7-28-2)25-10-26-18(14)30-15(11)17(27)24-9-12-4-3-5-13(8-12)29-19(20,21)22/h3-5,8,10H,6-7,9H2,1-2H3,(H,24,27)(H,23,25,26). The summed E-state index contributed by atoms with van der Waals surface area (Å²) >= 11 is 1.22. The molecule has 0 aliphatic carbocycles. The van der Waals surface area contributed by atoms with Crippen LogP contribution in [0.3, 0.4) is 0 Å². The Bertz CT molecular complexity index is 1040. The minimum atomic E-state index is -4.77. The van der Waals surface area contributed by atoms with Gasteiger partial charge in [0.05, 0.1) is 16.9 Å². The van der Waals surface area contributed by atoms with Crippen molar-refractivity contribution in [2.24, 2.45) is 0 Å². The molecule has 0 unspecified atom stereocenters. The highest BCUT2D eigenvalue weighted by molar-refractivity contribution is 7.20. The number of hydrogen-bond acceptors (Lipinski definition) is 7. The van der Waals surface area contributed by atoms with Crippen molar-refractivity contribution in [2.45, 2.75) is 19.8 Å². The zero-order valence-electron chi connectivity index (χ0n) is 16.2. The number of rotatable bonds is 8.